The first-order chi connectivity index (χ1) is 9.06. The monoisotopic (exact) mass is 289 g/mol. The van der Waals surface area contributed by atoms with Crippen molar-refractivity contribution in [1.29, 1.82) is 0 Å². The molecule has 1 heterocycles. The van der Waals surface area contributed by atoms with Gasteiger partial charge in [-0.3, -0.25) is 4.79 Å². The summed E-state index contributed by atoms with van der Waals surface area (Å²) in [5, 5.41) is 14.6. The van der Waals surface area contributed by atoms with Crippen molar-refractivity contribution < 1.29 is 14.3 Å². The van der Waals surface area contributed by atoms with Crippen LogP contribution in [-0.2, 0) is 20.8 Å². The number of nitrogens with one attached hydrogen (secondary N) is 1. The molecule has 108 valence electrons. The smallest absolute Gasteiger partial charge is 0.230 e. The van der Waals surface area contributed by atoms with Gasteiger partial charge >= 0.3 is 0 Å². The van der Waals surface area contributed by atoms with Gasteiger partial charge in [-0.2, -0.15) is 0 Å². The van der Waals surface area contributed by atoms with Crippen LogP contribution in [-0.4, -0.2) is 58.4 Å². The molecule has 1 amide bonds. The first-order valence-corrected chi connectivity index (χ1v) is 6.79. The summed E-state index contributed by atoms with van der Waals surface area (Å²) in [6.07, 6.45) is -0.424. The number of aromatic nitrogens is 4. The molecule has 1 aromatic rings. The average molecular weight is 289 g/mol. The van der Waals surface area contributed by atoms with E-state index in [0.29, 0.717) is 11.7 Å². The van der Waals surface area contributed by atoms with Crippen molar-refractivity contribution in [3.8, 4) is 0 Å². The fourth-order valence-electron chi connectivity index (χ4n) is 1.29. The van der Waals surface area contributed by atoms with E-state index in [4.69, 9.17) is 9.47 Å². The molecule has 0 radical (unpaired) electrons. The number of ether oxygens (including phenoxy) is 2. The number of rotatable bonds is 8. The van der Waals surface area contributed by atoms with E-state index in [1.165, 1.54) is 11.8 Å². The van der Waals surface area contributed by atoms with E-state index < -0.39 is 6.29 Å². The SMILES string of the molecule is COC(Cn1nnnc1SCC(=O)NC(C)C)OC. The van der Waals surface area contributed by atoms with Crippen molar-refractivity contribution in [2.45, 2.75) is 37.9 Å². The molecule has 0 unspecified atom stereocenters. The zero-order chi connectivity index (χ0) is 14.3. The summed E-state index contributed by atoms with van der Waals surface area (Å²) in [7, 11) is 3.09. The molecule has 1 N–H and O–H groups in total. The maximum absolute atomic E-state index is 11.5. The van der Waals surface area contributed by atoms with Crippen LogP contribution < -0.4 is 5.32 Å². The maximum atomic E-state index is 11.5. The number of nitrogens with zero attached hydrogens (tertiary/aromatic N) is 4. The fraction of sp³-hybridized carbons (Fsp3) is 0.800. The Labute approximate surface area is 116 Å². The van der Waals surface area contributed by atoms with Gasteiger partial charge in [0.1, 0.15) is 0 Å². The van der Waals surface area contributed by atoms with Gasteiger partial charge in [-0.25, -0.2) is 4.68 Å². The van der Waals surface area contributed by atoms with Crippen LogP contribution in [0, 0.1) is 0 Å². The van der Waals surface area contributed by atoms with E-state index >= 15 is 0 Å². The first-order valence-electron chi connectivity index (χ1n) is 5.80. The lowest BCUT2D eigenvalue weighted by Crippen LogP contribution is -2.31. The van der Waals surface area contributed by atoms with Gasteiger partial charge in [-0.05, 0) is 24.3 Å². The molecular weight excluding hydrogens is 270 g/mol. The molecule has 0 aliphatic rings. The van der Waals surface area contributed by atoms with Gasteiger partial charge in [0.2, 0.25) is 11.1 Å². The molecule has 0 bridgehead atoms. The molecule has 0 aliphatic carbocycles. The Kier molecular flexibility index (Phi) is 6.74. The highest BCUT2D eigenvalue weighted by Gasteiger charge is 2.14. The van der Waals surface area contributed by atoms with Crippen molar-refractivity contribution in [3.63, 3.8) is 0 Å². The quantitative estimate of drug-likeness (QED) is 0.528. The van der Waals surface area contributed by atoms with Crippen LogP contribution in [0.2, 0.25) is 0 Å². The Hall–Kier alpha value is -1.19. The van der Waals surface area contributed by atoms with E-state index in [1.54, 1.807) is 18.9 Å². The largest absolute Gasteiger partial charge is 0.354 e. The van der Waals surface area contributed by atoms with Gasteiger partial charge in [0, 0.05) is 20.3 Å². The molecular formula is C10H19N5O3S. The number of tetrazole rings is 1. The predicted octanol–water partition coefficient (Wildman–Crippen LogP) is -0.0913. The van der Waals surface area contributed by atoms with Crippen LogP contribution in [0.5, 0.6) is 0 Å². The van der Waals surface area contributed by atoms with Gasteiger partial charge < -0.3 is 14.8 Å². The average Bonchev–Trinajstić information content (AvgIpc) is 2.79. The Morgan fingerprint density at radius 2 is 2.11 bits per heavy atom. The number of thioether (sulfide) groups is 1. The molecule has 1 rings (SSSR count). The van der Waals surface area contributed by atoms with Crippen molar-refractivity contribution in [2.75, 3.05) is 20.0 Å². The fourth-order valence-corrected chi connectivity index (χ4v) is 1.99. The normalized spacial score (nSPS) is 11.3. The number of carbonyl (C=O) groups excluding carboxylic acids is 1. The first kappa shape index (κ1) is 15.9. The van der Waals surface area contributed by atoms with E-state index in [-0.39, 0.29) is 17.7 Å². The summed E-state index contributed by atoms with van der Waals surface area (Å²) in [4.78, 5) is 11.5. The summed E-state index contributed by atoms with van der Waals surface area (Å²) in [5.41, 5.74) is 0. The molecule has 0 saturated carbocycles. The minimum atomic E-state index is -0.424. The van der Waals surface area contributed by atoms with Crippen LogP contribution in [0.3, 0.4) is 0 Å². The number of carbonyl (C=O) groups is 1. The number of amides is 1. The maximum Gasteiger partial charge on any atom is 0.230 e. The zero-order valence-corrected chi connectivity index (χ0v) is 12.3. The van der Waals surface area contributed by atoms with Crippen LogP contribution in [0.4, 0.5) is 0 Å². The molecule has 19 heavy (non-hydrogen) atoms. The summed E-state index contributed by atoms with van der Waals surface area (Å²) in [6.45, 7) is 4.19. The Bertz CT molecular complexity index is 394. The van der Waals surface area contributed by atoms with E-state index in [9.17, 15) is 4.79 Å². The number of hydrogen-bond acceptors (Lipinski definition) is 7. The lowest BCUT2D eigenvalue weighted by atomic mass is 10.4. The number of methoxy groups -OCH3 is 2. The van der Waals surface area contributed by atoms with Gasteiger partial charge in [0.25, 0.3) is 0 Å². The third-order valence-corrected chi connectivity index (χ3v) is 3.09. The second-order valence-electron chi connectivity index (χ2n) is 4.06. The second-order valence-corrected chi connectivity index (χ2v) is 5.00. The highest BCUT2D eigenvalue weighted by molar-refractivity contribution is 7.99. The van der Waals surface area contributed by atoms with Crippen LogP contribution in [0.25, 0.3) is 0 Å². The molecule has 9 heteroatoms. The van der Waals surface area contributed by atoms with E-state index in [1.807, 2.05) is 13.8 Å². The van der Waals surface area contributed by atoms with Gasteiger partial charge in [-0.1, -0.05) is 11.8 Å². The Balaban J connectivity index is 2.51. The third-order valence-electron chi connectivity index (χ3n) is 2.13. The standard InChI is InChI=1S/C10H19N5O3S/c1-7(2)11-8(16)6-19-10-12-13-14-15(10)5-9(17-3)18-4/h7,9H,5-6H2,1-4H3,(H,11,16). The van der Waals surface area contributed by atoms with Gasteiger partial charge in [0.15, 0.2) is 6.29 Å². The van der Waals surface area contributed by atoms with Crippen molar-refractivity contribution in [2.24, 2.45) is 0 Å². The summed E-state index contributed by atoms with van der Waals surface area (Å²) in [6, 6.07) is 0.121. The molecule has 1 aromatic heterocycles. The topological polar surface area (TPSA) is 91.2 Å². The van der Waals surface area contributed by atoms with Crippen LogP contribution in [0.15, 0.2) is 5.16 Å². The van der Waals surface area contributed by atoms with E-state index in [0.717, 1.165) is 0 Å². The van der Waals surface area contributed by atoms with Gasteiger partial charge in [-0.15, -0.1) is 5.10 Å². The lowest BCUT2D eigenvalue weighted by Gasteiger charge is -2.13. The van der Waals surface area contributed by atoms with Crippen LogP contribution >= 0.6 is 11.8 Å². The highest BCUT2D eigenvalue weighted by atomic mass is 32.2. The molecule has 0 saturated heterocycles. The van der Waals surface area contributed by atoms with Crippen LogP contribution in [0.1, 0.15) is 13.8 Å². The minimum absolute atomic E-state index is 0.0513. The second kappa shape index (κ2) is 8.08. The highest BCUT2D eigenvalue weighted by Crippen LogP contribution is 2.14. The Morgan fingerprint density at radius 3 is 2.68 bits per heavy atom. The molecule has 8 nitrogen and oxygen atoms in total. The Morgan fingerprint density at radius 1 is 1.42 bits per heavy atom. The molecule has 0 spiro atoms. The summed E-state index contributed by atoms with van der Waals surface area (Å²) >= 11 is 1.27. The molecule has 0 fully saturated rings. The third kappa shape index (κ3) is 5.53. The van der Waals surface area contributed by atoms with E-state index in [2.05, 4.69) is 20.8 Å². The number of hydrogen-bond donors (Lipinski definition) is 1. The van der Waals surface area contributed by atoms with Crippen molar-refractivity contribution in [3.05, 3.63) is 0 Å². The van der Waals surface area contributed by atoms with Crippen molar-refractivity contribution >= 4 is 17.7 Å². The molecule has 0 atom stereocenters. The van der Waals surface area contributed by atoms with Gasteiger partial charge in [0.05, 0.1) is 12.3 Å². The lowest BCUT2D eigenvalue weighted by molar-refractivity contribution is -0.119. The summed E-state index contributed by atoms with van der Waals surface area (Å²) in [5.74, 6) is 0.216. The predicted molar refractivity (Wildman–Crippen MR) is 69.6 cm³/mol. The minimum Gasteiger partial charge on any atom is -0.354 e. The molecule has 0 aromatic carbocycles. The summed E-state index contributed by atoms with van der Waals surface area (Å²) < 4.78 is 11.7. The zero-order valence-electron chi connectivity index (χ0n) is 11.5. The van der Waals surface area contributed by atoms with Crippen molar-refractivity contribution in [1.82, 2.24) is 25.5 Å². The molecule has 0 aliphatic heterocycles.